The zero-order valence-corrected chi connectivity index (χ0v) is 20.7. The van der Waals surface area contributed by atoms with Crippen LogP contribution in [0.4, 0.5) is 0 Å². The van der Waals surface area contributed by atoms with Crippen LogP contribution in [0.15, 0.2) is 30.5 Å². The summed E-state index contributed by atoms with van der Waals surface area (Å²) in [6, 6.07) is 2.34. The summed E-state index contributed by atoms with van der Waals surface area (Å²) < 4.78 is 0. The van der Waals surface area contributed by atoms with Crippen molar-refractivity contribution in [2.24, 2.45) is 17.4 Å². The number of H-pyrrole nitrogens is 1. The Morgan fingerprint density at radius 2 is 1.62 bits per heavy atom. The molecule has 0 aliphatic rings. The van der Waals surface area contributed by atoms with Crippen LogP contribution in [0.25, 0.3) is 10.9 Å². The predicted octanol–water partition coefficient (Wildman–Crippen LogP) is -1.51. The van der Waals surface area contributed by atoms with Gasteiger partial charge in [0.25, 0.3) is 0 Å². The lowest BCUT2D eigenvalue weighted by molar-refractivity contribution is -0.143. The molecule has 0 spiro atoms. The number of aromatic amines is 1. The minimum Gasteiger partial charge on any atom is -0.480 e. The van der Waals surface area contributed by atoms with Gasteiger partial charge in [0, 0.05) is 29.9 Å². The Morgan fingerprint density at radius 3 is 2.22 bits per heavy atom. The van der Waals surface area contributed by atoms with E-state index in [9.17, 15) is 34.2 Å². The quantitative estimate of drug-likeness (QED) is 0.146. The molecule has 4 atom stereocenters. The molecule has 2 aromatic rings. The predicted molar refractivity (Wildman–Crippen MR) is 134 cm³/mol. The van der Waals surface area contributed by atoms with E-state index in [1.54, 1.807) is 20.0 Å². The number of aromatic nitrogens is 1. The van der Waals surface area contributed by atoms with Crippen LogP contribution in [0.2, 0.25) is 0 Å². The highest BCUT2D eigenvalue weighted by molar-refractivity contribution is 5.95. The van der Waals surface area contributed by atoms with E-state index in [4.69, 9.17) is 11.5 Å². The van der Waals surface area contributed by atoms with E-state index in [1.165, 1.54) is 0 Å². The topological polar surface area (TPSA) is 230 Å². The fourth-order valence-electron chi connectivity index (χ4n) is 3.67. The van der Waals surface area contributed by atoms with Gasteiger partial charge in [-0.25, -0.2) is 4.79 Å². The average Bonchev–Trinajstić information content (AvgIpc) is 3.25. The van der Waals surface area contributed by atoms with Crippen molar-refractivity contribution in [3.05, 3.63) is 36.0 Å². The summed E-state index contributed by atoms with van der Waals surface area (Å²) in [4.78, 5) is 64.1. The van der Waals surface area contributed by atoms with Gasteiger partial charge in [-0.2, -0.15) is 0 Å². The fourth-order valence-corrected chi connectivity index (χ4v) is 3.67. The molecule has 13 nitrogen and oxygen atoms in total. The maximum Gasteiger partial charge on any atom is 0.328 e. The molecule has 0 aliphatic carbocycles. The van der Waals surface area contributed by atoms with Crippen LogP contribution in [0.3, 0.4) is 0 Å². The lowest BCUT2D eigenvalue weighted by Gasteiger charge is -2.27. The standard InChI is InChI=1S/C24H34N6O7/c1-12(2)20(30-21(33)15(25)7-8-19(26)32)23(35)28-17(22(34)29-18(11-31)24(36)37)9-13-10-27-16-6-4-3-5-14(13)16/h3-6,10,12,15,17-18,20,27,31H,7-9,11,25H2,1-2H3,(H2,26,32)(H,28,35)(H,29,34)(H,30,33)(H,36,37). The van der Waals surface area contributed by atoms with Gasteiger partial charge in [-0.3, -0.25) is 19.2 Å². The lowest BCUT2D eigenvalue weighted by atomic mass is 10.00. The minimum absolute atomic E-state index is 0.00304. The summed E-state index contributed by atoms with van der Waals surface area (Å²) in [6.07, 6.45) is 1.57. The monoisotopic (exact) mass is 518 g/mol. The molecular weight excluding hydrogens is 484 g/mol. The summed E-state index contributed by atoms with van der Waals surface area (Å²) in [5.74, 6) is -4.65. The van der Waals surface area contributed by atoms with E-state index < -0.39 is 66.3 Å². The second kappa shape index (κ2) is 13.4. The van der Waals surface area contributed by atoms with Gasteiger partial charge in [-0.1, -0.05) is 32.0 Å². The number of hydrogen-bond donors (Lipinski definition) is 8. The van der Waals surface area contributed by atoms with E-state index in [-0.39, 0.29) is 19.3 Å². The zero-order valence-electron chi connectivity index (χ0n) is 20.7. The normalized spacial score (nSPS) is 14.4. The van der Waals surface area contributed by atoms with Gasteiger partial charge in [-0.05, 0) is 24.0 Å². The number of benzene rings is 1. The highest BCUT2D eigenvalue weighted by Gasteiger charge is 2.32. The maximum absolute atomic E-state index is 13.2. The van der Waals surface area contributed by atoms with Crippen molar-refractivity contribution in [1.82, 2.24) is 20.9 Å². The first kappa shape index (κ1) is 29.3. The van der Waals surface area contributed by atoms with Gasteiger partial charge in [0.15, 0.2) is 0 Å². The summed E-state index contributed by atoms with van der Waals surface area (Å²) in [5.41, 5.74) is 12.4. The number of aliphatic carboxylic acids is 1. The van der Waals surface area contributed by atoms with Crippen molar-refractivity contribution in [1.29, 1.82) is 0 Å². The van der Waals surface area contributed by atoms with Gasteiger partial charge in [0.1, 0.15) is 18.1 Å². The number of rotatable bonds is 14. The molecule has 0 saturated carbocycles. The average molecular weight is 519 g/mol. The van der Waals surface area contributed by atoms with Crippen LogP contribution in [0.5, 0.6) is 0 Å². The molecule has 0 radical (unpaired) electrons. The SMILES string of the molecule is CC(C)C(NC(=O)C(N)CCC(N)=O)C(=O)NC(Cc1c[nH]c2ccccc12)C(=O)NC(CO)C(=O)O. The number of carbonyl (C=O) groups is 5. The number of carboxylic acid groups (broad SMARTS) is 1. The number of nitrogens with two attached hydrogens (primary N) is 2. The number of primary amides is 1. The third-order valence-electron chi connectivity index (χ3n) is 5.81. The van der Waals surface area contributed by atoms with E-state index in [0.29, 0.717) is 5.56 Å². The molecule has 13 heteroatoms. The van der Waals surface area contributed by atoms with Gasteiger partial charge < -0.3 is 42.6 Å². The van der Waals surface area contributed by atoms with E-state index in [0.717, 1.165) is 10.9 Å². The van der Waals surface area contributed by atoms with Gasteiger partial charge in [-0.15, -0.1) is 0 Å². The second-order valence-corrected chi connectivity index (χ2v) is 9.05. The number of aliphatic hydroxyl groups is 1. The molecule has 4 amide bonds. The Hall–Kier alpha value is -3.97. The van der Waals surface area contributed by atoms with Crippen molar-refractivity contribution >= 4 is 40.5 Å². The van der Waals surface area contributed by atoms with Crippen molar-refractivity contribution in [2.45, 2.75) is 57.3 Å². The molecule has 37 heavy (non-hydrogen) atoms. The van der Waals surface area contributed by atoms with E-state index >= 15 is 0 Å². The van der Waals surface area contributed by atoms with Crippen LogP contribution in [0, 0.1) is 5.92 Å². The second-order valence-electron chi connectivity index (χ2n) is 9.05. The molecule has 0 bridgehead atoms. The Balaban J connectivity index is 2.25. The smallest absolute Gasteiger partial charge is 0.328 e. The Kier molecular flexibility index (Phi) is 10.6. The fraction of sp³-hybridized carbons (Fsp3) is 0.458. The molecule has 1 aromatic heterocycles. The van der Waals surface area contributed by atoms with Crippen molar-refractivity contribution in [2.75, 3.05) is 6.61 Å². The van der Waals surface area contributed by atoms with Crippen LogP contribution in [-0.2, 0) is 30.4 Å². The van der Waals surface area contributed by atoms with Crippen LogP contribution >= 0.6 is 0 Å². The number of para-hydroxylation sites is 1. The van der Waals surface area contributed by atoms with Gasteiger partial charge >= 0.3 is 5.97 Å². The Labute approximate surface area is 213 Å². The molecule has 1 heterocycles. The number of hydrogen-bond acceptors (Lipinski definition) is 7. The molecule has 2 rings (SSSR count). The first-order chi connectivity index (χ1) is 17.4. The molecule has 10 N–H and O–H groups in total. The maximum atomic E-state index is 13.2. The molecule has 0 aliphatic heterocycles. The zero-order chi connectivity index (χ0) is 27.7. The first-order valence-electron chi connectivity index (χ1n) is 11.8. The molecule has 1 aromatic carbocycles. The van der Waals surface area contributed by atoms with Crippen LogP contribution < -0.4 is 27.4 Å². The van der Waals surface area contributed by atoms with E-state index in [2.05, 4.69) is 20.9 Å². The van der Waals surface area contributed by atoms with Crippen LogP contribution in [0.1, 0.15) is 32.3 Å². The number of amides is 4. The number of fused-ring (bicyclic) bond motifs is 1. The molecule has 0 saturated heterocycles. The number of carbonyl (C=O) groups excluding carboxylic acids is 4. The summed E-state index contributed by atoms with van der Waals surface area (Å²) in [6.45, 7) is 2.52. The Bertz CT molecular complexity index is 1130. The highest BCUT2D eigenvalue weighted by Crippen LogP contribution is 2.19. The van der Waals surface area contributed by atoms with Gasteiger partial charge in [0.05, 0.1) is 12.6 Å². The number of nitrogens with one attached hydrogen (secondary N) is 4. The lowest BCUT2D eigenvalue weighted by Crippen LogP contribution is -2.59. The van der Waals surface area contributed by atoms with Crippen LogP contribution in [-0.4, -0.2) is 75.6 Å². The van der Waals surface area contributed by atoms with Gasteiger partial charge in [0.2, 0.25) is 23.6 Å². The number of carboxylic acids is 1. The van der Waals surface area contributed by atoms with Crippen molar-refractivity contribution in [3.8, 4) is 0 Å². The third kappa shape index (κ3) is 8.29. The summed E-state index contributed by atoms with van der Waals surface area (Å²) in [7, 11) is 0. The minimum atomic E-state index is -1.57. The Morgan fingerprint density at radius 1 is 0.973 bits per heavy atom. The first-order valence-corrected chi connectivity index (χ1v) is 11.8. The molecule has 202 valence electrons. The van der Waals surface area contributed by atoms with E-state index in [1.807, 2.05) is 24.3 Å². The molecule has 0 fully saturated rings. The molecule has 4 unspecified atom stereocenters. The van der Waals surface area contributed by atoms with Crippen molar-refractivity contribution in [3.63, 3.8) is 0 Å². The third-order valence-corrected chi connectivity index (χ3v) is 5.81. The summed E-state index contributed by atoms with van der Waals surface area (Å²) in [5, 5.41) is 26.7. The van der Waals surface area contributed by atoms with Crippen molar-refractivity contribution < 1.29 is 34.2 Å². The largest absolute Gasteiger partial charge is 0.480 e. The highest BCUT2D eigenvalue weighted by atomic mass is 16.4. The number of aliphatic hydroxyl groups excluding tert-OH is 1. The summed E-state index contributed by atoms with van der Waals surface area (Å²) >= 11 is 0. The molecular formula is C24H34N6O7.